The first-order valence-electron chi connectivity index (χ1n) is 9.48. The van der Waals surface area contributed by atoms with Gasteiger partial charge in [-0.2, -0.15) is 0 Å². The minimum absolute atomic E-state index is 0.124. The van der Waals surface area contributed by atoms with Gasteiger partial charge in [0.2, 0.25) is 5.91 Å². The molecule has 1 N–H and O–H groups in total. The largest absolute Gasteiger partial charge is 0.326 e. The van der Waals surface area contributed by atoms with Gasteiger partial charge < -0.3 is 5.32 Å². The molecule has 2 aliphatic rings. The summed E-state index contributed by atoms with van der Waals surface area (Å²) in [6.45, 7) is 0.908. The number of amides is 1. The standard InChI is InChI=1S/C21H30N2O/c1-23(19-13-6-3-7-14-19)16-18-12-8-9-15-20(18)22-21(24)17-10-4-2-5-11-17/h2,4,8-9,12,15,17,19H,3,5-7,10-11,13-14,16H2,1H3,(H,22,24). The second-order valence-corrected chi connectivity index (χ2v) is 7.33. The van der Waals surface area contributed by atoms with E-state index in [2.05, 4.69) is 41.5 Å². The summed E-state index contributed by atoms with van der Waals surface area (Å²) >= 11 is 0. The van der Waals surface area contributed by atoms with E-state index in [1.54, 1.807) is 0 Å². The molecule has 0 bridgehead atoms. The zero-order valence-electron chi connectivity index (χ0n) is 14.8. The molecule has 3 heteroatoms. The quantitative estimate of drug-likeness (QED) is 0.792. The van der Waals surface area contributed by atoms with Crippen molar-refractivity contribution < 1.29 is 4.79 Å². The van der Waals surface area contributed by atoms with E-state index in [0.29, 0.717) is 6.04 Å². The van der Waals surface area contributed by atoms with E-state index in [9.17, 15) is 4.79 Å². The topological polar surface area (TPSA) is 32.3 Å². The lowest BCUT2D eigenvalue weighted by molar-refractivity contribution is -0.120. The predicted molar refractivity (Wildman–Crippen MR) is 99.9 cm³/mol. The van der Waals surface area contributed by atoms with Gasteiger partial charge in [0, 0.05) is 24.2 Å². The molecular formula is C21H30N2O. The number of carbonyl (C=O) groups excluding carboxylic acids is 1. The van der Waals surface area contributed by atoms with Crippen LogP contribution in [0.1, 0.15) is 56.9 Å². The van der Waals surface area contributed by atoms with Crippen molar-refractivity contribution in [3.63, 3.8) is 0 Å². The van der Waals surface area contributed by atoms with Crippen molar-refractivity contribution in [2.24, 2.45) is 5.92 Å². The first-order chi connectivity index (χ1) is 11.7. The van der Waals surface area contributed by atoms with Crippen molar-refractivity contribution in [3.8, 4) is 0 Å². The Morgan fingerprint density at radius 3 is 2.67 bits per heavy atom. The van der Waals surface area contributed by atoms with E-state index in [1.165, 1.54) is 37.7 Å². The molecule has 1 atom stereocenters. The fraction of sp³-hybridized carbons (Fsp3) is 0.571. The van der Waals surface area contributed by atoms with E-state index in [4.69, 9.17) is 0 Å². The zero-order valence-corrected chi connectivity index (χ0v) is 14.8. The van der Waals surface area contributed by atoms with Crippen LogP contribution in [0.25, 0.3) is 0 Å². The maximum atomic E-state index is 12.5. The van der Waals surface area contributed by atoms with Crippen molar-refractivity contribution in [2.75, 3.05) is 12.4 Å². The fourth-order valence-corrected chi connectivity index (χ4v) is 3.97. The summed E-state index contributed by atoms with van der Waals surface area (Å²) in [5.41, 5.74) is 2.21. The summed E-state index contributed by atoms with van der Waals surface area (Å²) in [7, 11) is 2.22. The normalized spacial score (nSPS) is 21.8. The molecule has 0 radical (unpaired) electrons. The molecule has 0 aliphatic heterocycles. The van der Waals surface area contributed by atoms with Crippen LogP contribution in [-0.4, -0.2) is 23.9 Å². The van der Waals surface area contributed by atoms with Gasteiger partial charge in [0.05, 0.1) is 0 Å². The highest BCUT2D eigenvalue weighted by atomic mass is 16.1. The average Bonchev–Trinajstić information content (AvgIpc) is 2.64. The van der Waals surface area contributed by atoms with Gasteiger partial charge in [-0.1, -0.05) is 49.6 Å². The lowest BCUT2D eigenvalue weighted by Crippen LogP contribution is -2.33. The Morgan fingerprint density at radius 1 is 1.12 bits per heavy atom. The molecule has 130 valence electrons. The fourth-order valence-electron chi connectivity index (χ4n) is 3.97. The minimum Gasteiger partial charge on any atom is -0.326 e. The number of hydrogen-bond donors (Lipinski definition) is 1. The van der Waals surface area contributed by atoms with Crippen LogP contribution in [0.4, 0.5) is 5.69 Å². The van der Waals surface area contributed by atoms with Crippen LogP contribution in [0.3, 0.4) is 0 Å². The van der Waals surface area contributed by atoms with E-state index in [1.807, 2.05) is 12.1 Å². The van der Waals surface area contributed by atoms with Gasteiger partial charge in [0.15, 0.2) is 0 Å². The van der Waals surface area contributed by atoms with Gasteiger partial charge in [-0.3, -0.25) is 9.69 Å². The maximum Gasteiger partial charge on any atom is 0.227 e. The van der Waals surface area contributed by atoms with Crippen molar-refractivity contribution in [1.82, 2.24) is 4.90 Å². The summed E-state index contributed by atoms with van der Waals surface area (Å²) in [4.78, 5) is 15.0. The lowest BCUT2D eigenvalue weighted by atomic mass is 9.93. The highest BCUT2D eigenvalue weighted by molar-refractivity contribution is 5.93. The van der Waals surface area contributed by atoms with Crippen molar-refractivity contribution in [1.29, 1.82) is 0 Å². The SMILES string of the molecule is CN(Cc1ccccc1NC(=O)C1CC=CCC1)C1CCCCC1. The molecule has 24 heavy (non-hydrogen) atoms. The van der Waals surface area contributed by atoms with Gasteiger partial charge in [0.25, 0.3) is 0 Å². The summed E-state index contributed by atoms with van der Waals surface area (Å²) in [5.74, 6) is 0.297. The second-order valence-electron chi connectivity index (χ2n) is 7.33. The van der Waals surface area contributed by atoms with Gasteiger partial charge in [-0.05, 0) is 50.8 Å². The van der Waals surface area contributed by atoms with Crippen LogP contribution < -0.4 is 5.32 Å². The number of carbonyl (C=O) groups is 1. The molecule has 0 spiro atoms. The number of nitrogens with one attached hydrogen (secondary N) is 1. The van der Waals surface area contributed by atoms with Gasteiger partial charge in [-0.15, -0.1) is 0 Å². The Labute approximate surface area is 146 Å². The molecule has 1 aromatic carbocycles. The monoisotopic (exact) mass is 326 g/mol. The Bertz CT molecular complexity index is 575. The van der Waals surface area contributed by atoms with Crippen LogP contribution in [0, 0.1) is 5.92 Å². The Hall–Kier alpha value is -1.61. The zero-order chi connectivity index (χ0) is 16.8. The Balaban J connectivity index is 1.63. The Kier molecular flexibility index (Phi) is 6.08. The van der Waals surface area contributed by atoms with E-state index in [0.717, 1.165) is 31.5 Å². The molecular weight excluding hydrogens is 296 g/mol. The number of para-hydroxylation sites is 1. The number of benzene rings is 1. The molecule has 1 fully saturated rings. The van der Waals surface area contributed by atoms with Crippen molar-refractivity contribution in [2.45, 2.75) is 64.0 Å². The molecule has 1 unspecified atom stereocenters. The number of hydrogen-bond acceptors (Lipinski definition) is 2. The number of nitrogens with zero attached hydrogens (tertiary/aromatic N) is 1. The summed E-state index contributed by atoms with van der Waals surface area (Å²) in [6, 6.07) is 8.96. The van der Waals surface area contributed by atoms with Gasteiger partial charge in [-0.25, -0.2) is 0 Å². The van der Waals surface area contributed by atoms with Crippen LogP contribution >= 0.6 is 0 Å². The molecule has 3 nitrogen and oxygen atoms in total. The second kappa shape index (κ2) is 8.48. The summed E-state index contributed by atoms with van der Waals surface area (Å²) in [5, 5.41) is 3.19. The van der Waals surface area contributed by atoms with E-state index >= 15 is 0 Å². The third-order valence-electron chi connectivity index (χ3n) is 5.53. The lowest BCUT2D eigenvalue weighted by Gasteiger charge is -2.31. The first kappa shape index (κ1) is 17.2. The van der Waals surface area contributed by atoms with E-state index < -0.39 is 0 Å². The van der Waals surface area contributed by atoms with Crippen LogP contribution in [0.15, 0.2) is 36.4 Å². The van der Waals surface area contributed by atoms with Crippen molar-refractivity contribution in [3.05, 3.63) is 42.0 Å². The summed E-state index contributed by atoms with van der Waals surface area (Å²) < 4.78 is 0. The molecule has 0 saturated heterocycles. The van der Waals surface area contributed by atoms with Crippen molar-refractivity contribution >= 4 is 11.6 Å². The van der Waals surface area contributed by atoms with Crippen LogP contribution in [0.5, 0.6) is 0 Å². The molecule has 3 rings (SSSR count). The molecule has 1 aromatic rings. The third kappa shape index (κ3) is 4.47. The number of allylic oxidation sites excluding steroid dienone is 2. The van der Waals surface area contributed by atoms with Gasteiger partial charge in [0.1, 0.15) is 0 Å². The molecule has 0 heterocycles. The number of anilines is 1. The maximum absolute atomic E-state index is 12.5. The molecule has 0 aromatic heterocycles. The predicted octanol–water partition coefficient (Wildman–Crippen LogP) is 4.75. The first-order valence-corrected chi connectivity index (χ1v) is 9.48. The Morgan fingerprint density at radius 2 is 1.92 bits per heavy atom. The smallest absolute Gasteiger partial charge is 0.227 e. The highest BCUT2D eigenvalue weighted by Crippen LogP contribution is 2.26. The number of rotatable bonds is 5. The molecule has 2 aliphatic carbocycles. The van der Waals surface area contributed by atoms with E-state index in [-0.39, 0.29) is 11.8 Å². The van der Waals surface area contributed by atoms with Crippen LogP contribution in [0.2, 0.25) is 0 Å². The van der Waals surface area contributed by atoms with Crippen LogP contribution in [-0.2, 0) is 11.3 Å². The highest BCUT2D eigenvalue weighted by Gasteiger charge is 2.21. The molecule has 1 saturated carbocycles. The minimum atomic E-state index is 0.124. The van der Waals surface area contributed by atoms with Gasteiger partial charge >= 0.3 is 0 Å². The molecule has 1 amide bonds. The third-order valence-corrected chi connectivity index (χ3v) is 5.53. The average molecular weight is 326 g/mol. The summed E-state index contributed by atoms with van der Waals surface area (Å²) in [6.07, 6.45) is 13.9.